The van der Waals surface area contributed by atoms with Crippen molar-refractivity contribution in [2.45, 2.75) is 12.3 Å². The molecule has 9 heteroatoms. The SMILES string of the molecule is O=C(NC(=O)c1ccccc1Cl)Nc1ccc(OCC2CC2(F)F)c(Cl)c1. The smallest absolute Gasteiger partial charge is 0.326 e. The highest BCUT2D eigenvalue weighted by atomic mass is 35.5. The molecule has 1 aliphatic carbocycles. The molecule has 2 aromatic rings. The lowest BCUT2D eigenvalue weighted by Crippen LogP contribution is -2.34. The number of amides is 3. The number of imide groups is 1. The number of hydrogen-bond acceptors (Lipinski definition) is 3. The third kappa shape index (κ3) is 4.87. The summed E-state index contributed by atoms with van der Waals surface area (Å²) in [4.78, 5) is 24.0. The molecule has 0 aromatic heterocycles. The van der Waals surface area contributed by atoms with Crippen molar-refractivity contribution < 1.29 is 23.1 Å². The van der Waals surface area contributed by atoms with Crippen LogP contribution in [0, 0.1) is 5.92 Å². The Kier molecular flexibility index (Phi) is 5.53. The predicted octanol–water partition coefficient (Wildman–Crippen LogP) is 4.99. The van der Waals surface area contributed by atoms with E-state index in [1.807, 2.05) is 0 Å². The third-order valence-corrected chi connectivity index (χ3v) is 4.56. The molecule has 1 saturated carbocycles. The second kappa shape index (κ2) is 7.70. The van der Waals surface area contributed by atoms with Gasteiger partial charge < -0.3 is 10.1 Å². The summed E-state index contributed by atoms with van der Waals surface area (Å²) < 4.78 is 31.0. The Balaban J connectivity index is 1.55. The normalized spacial score (nSPS) is 17.1. The number of hydrogen-bond donors (Lipinski definition) is 2. The molecule has 0 saturated heterocycles. The van der Waals surface area contributed by atoms with E-state index < -0.39 is 23.8 Å². The van der Waals surface area contributed by atoms with Crippen LogP contribution in [0.2, 0.25) is 10.0 Å². The lowest BCUT2D eigenvalue weighted by molar-refractivity contribution is 0.0855. The summed E-state index contributed by atoms with van der Waals surface area (Å²) in [5.74, 6) is -3.89. The Morgan fingerprint density at radius 1 is 1.15 bits per heavy atom. The molecule has 2 N–H and O–H groups in total. The molecule has 0 heterocycles. The van der Waals surface area contributed by atoms with Crippen molar-refractivity contribution in [3.8, 4) is 5.75 Å². The van der Waals surface area contributed by atoms with Crippen molar-refractivity contribution in [1.29, 1.82) is 0 Å². The number of carbonyl (C=O) groups is 2. The molecule has 3 amide bonds. The molecule has 2 aromatic carbocycles. The average molecular weight is 415 g/mol. The quantitative estimate of drug-likeness (QED) is 0.723. The zero-order chi connectivity index (χ0) is 19.6. The minimum atomic E-state index is -2.67. The van der Waals surface area contributed by atoms with Gasteiger partial charge in [-0.3, -0.25) is 10.1 Å². The number of benzene rings is 2. The van der Waals surface area contributed by atoms with Crippen molar-refractivity contribution in [2.24, 2.45) is 5.92 Å². The molecule has 0 radical (unpaired) electrons. The minimum Gasteiger partial charge on any atom is -0.492 e. The fourth-order valence-electron chi connectivity index (χ4n) is 2.31. The predicted molar refractivity (Wildman–Crippen MR) is 97.9 cm³/mol. The van der Waals surface area contributed by atoms with Crippen LogP contribution in [-0.4, -0.2) is 24.5 Å². The molecular formula is C18H14Cl2F2N2O3. The number of rotatable bonds is 5. The fourth-order valence-corrected chi connectivity index (χ4v) is 2.77. The highest BCUT2D eigenvalue weighted by molar-refractivity contribution is 6.34. The fraction of sp³-hybridized carbons (Fsp3) is 0.222. The summed E-state index contributed by atoms with van der Waals surface area (Å²) in [5.41, 5.74) is 0.460. The van der Waals surface area contributed by atoms with Crippen LogP contribution in [0.5, 0.6) is 5.75 Å². The van der Waals surface area contributed by atoms with Gasteiger partial charge in [-0.05, 0) is 30.3 Å². The van der Waals surface area contributed by atoms with E-state index in [-0.39, 0.29) is 34.4 Å². The highest BCUT2D eigenvalue weighted by Crippen LogP contribution is 2.48. The Morgan fingerprint density at radius 2 is 1.85 bits per heavy atom. The molecule has 1 atom stereocenters. The van der Waals surface area contributed by atoms with E-state index in [1.165, 1.54) is 30.3 Å². The van der Waals surface area contributed by atoms with E-state index in [9.17, 15) is 18.4 Å². The maximum Gasteiger partial charge on any atom is 0.326 e. The first kappa shape index (κ1) is 19.4. The molecule has 0 spiro atoms. The molecule has 27 heavy (non-hydrogen) atoms. The number of anilines is 1. The second-order valence-corrected chi connectivity index (χ2v) is 6.82. The van der Waals surface area contributed by atoms with E-state index in [2.05, 4.69) is 10.6 Å². The van der Waals surface area contributed by atoms with Gasteiger partial charge in [-0.25, -0.2) is 13.6 Å². The number of alkyl halides is 2. The molecule has 3 rings (SSSR count). The number of nitrogens with one attached hydrogen (secondary N) is 2. The lowest BCUT2D eigenvalue weighted by Gasteiger charge is -2.11. The largest absolute Gasteiger partial charge is 0.492 e. The standard InChI is InChI=1S/C18H14Cl2F2N2O3/c19-13-4-2-1-3-12(13)16(25)24-17(26)23-11-5-6-15(14(20)7-11)27-9-10-8-18(10,21)22/h1-7,10H,8-9H2,(H2,23,24,25,26). The van der Waals surface area contributed by atoms with Crippen LogP contribution in [0.3, 0.4) is 0 Å². The number of urea groups is 1. The summed E-state index contributed by atoms with van der Waals surface area (Å²) in [7, 11) is 0. The Bertz CT molecular complexity index is 893. The van der Waals surface area contributed by atoms with Crippen LogP contribution >= 0.6 is 23.2 Å². The van der Waals surface area contributed by atoms with E-state index in [0.717, 1.165) is 0 Å². The summed E-state index contributed by atoms with van der Waals surface area (Å²) >= 11 is 11.9. The van der Waals surface area contributed by atoms with Gasteiger partial charge in [0.1, 0.15) is 5.75 Å². The van der Waals surface area contributed by atoms with Gasteiger partial charge in [0.05, 0.1) is 28.1 Å². The zero-order valence-electron chi connectivity index (χ0n) is 13.8. The third-order valence-electron chi connectivity index (χ3n) is 3.93. The molecule has 0 bridgehead atoms. The summed E-state index contributed by atoms with van der Waals surface area (Å²) in [6.07, 6.45) is -0.191. The molecular weight excluding hydrogens is 401 g/mol. The van der Waals surface area contributed by atoms with Gasteiger partial charge in [0, 0.05) is 12.1 Å². The molecule has 0 aliphatic heterocycles. The molecule has 1 fully saturated rings. The second-order valence-electron chi connectivity index (χ2n) is 6.01. The van der Waals surface area contributed by atoms with Crippen LogP contribution in [-0.2, 0) is 0 Å². The van der Waals surface area contributed by atoms with Gasteiger partial charge in [-0.2, -0.15) is 0 Å². The maximum atomic E-state index is 12.9. The first-order valence-electron chi connectivity index (χ1n) is 7.93. The van der Waals surface area contributed by atoms with Gasteiger partial charge in [0.2, 0.25) is 0 Å². The molecule has 1 unspecified atom stereocenters. The van der Waals surface area contributed by atoms with Gasteiger partial charge in [0.25, 0.3) is 11.8 Å². The lowest BCUT2D eigenvalue weighted by atomic mass is 10.2. The van der Waals surface area contributed by atoms with Gasteiger partial charge in [-0.15, -0.1) is 0 Å². The molecule has 5 nitrogen and oxygen atoms in total. The van der Waals surface area contributed by atoms with Crippen molar-refractivity contribution in [3.63, 3.8) is 0 Å². The maximum absolute atomic E-state index is 12.9. The Labute approximate surface area is 163 Å². The van der Waals surface area contributed by atoms with Gasteiger partial charge in [0.15, 0.2) is 0 Å². The van der Waals surface area contributed by atoms with Crippen LogP contribution in [0.4, 0.5) is 19.3 Å². The zero-order valence-corrected chi connectivity index (χ0v) is 15.3. The van der Waals surface area contributed by atoms with E-state index in [4.69, 9.17) is 27.9 Å². The van der Waals surface area contributed by atoms with Gasteiger partial charge >= 0.3 is 6.03 Å². The van der Waals surface area contributed by atoms with Crippen molar-refractivity contribution in [1.82, 2.24) is 5.32 Å². The van der Waals surface area contributed by atoms with Crippen molar-refractivity contribution >= 4 is 40.8 Å². The number of ether oxygens (including phenoxy) is 1. The molecule has 142 valence electrons. The molecule has 1 aliphatic rings. The van der Waals surface area contributed by atoms with E-state index in [0.29, 0.717) is 5.69 Å². The van der Waals surface area contributed by atoms with Crippen LogP contribution in [0.15, 0.2) is 42.5 Å². The van der Waals surface area contributed by atoms with Crippen LogP contribution < -0.4 is 15.4 Å². The van der Waals surface area contributed by atoms with E-state index in [1.54, 1.807) is 12.1 Å². The Morgan fingerprint density at radius 3 is 2.48 bits per heavy atom. The Hall–Kier alpha value is -2.38. The average Bonchev–Trinajstić information content (AvgIpc) is 3.21. The monoisotopic (exact) mass is 414 g/mol. The first-order chi connectivity index (χ1) is 12.8. The van der Waals surface area contributed by atoms with E-state index >= 15 is 0 Å². The number of halogens is 4. The van der Waals surface area contributed by atoms with Crippen molar-refractivity contribution in [3.05, 3.63) is 58.1 Å². The summed E-state index contributed by atoms with van der Waals surface area (Å²) in [5, 5.41) is 4.96. The number of carbonyl (C=O) groups excluding carboxylic acids is 2. The summed E-state index contributed by atoms with van der Waals surface area (Å²) in [6.45, 7) is -0.133. The van der Waals surface area contributed by atoms with Crippen LogP contribution in [0.1, 0.15) is 16.8 Å². The highest BCUT2D eigenvalue weighted by Gasteiger charge is 2.57. The minimum absolute atomic E-state index is 0.133. The van der Waals surface area contributed by atoms with Crippen LogP contribution in [0.25, 0.3) is 0 Å². The topological polar surface area (TPSA) is 67.4 Å². The summed E-state index contributed by atoms with van der Waals surface area (Å²) in [6, 6.07) is 9.84. The first-order valence-corrected chi connectivity index (χ1v) is 8.69. The van der Waals surface area contributed by atoms with Crippen molar-refractivity contribution in [2.75, 3.05) is 11.9 Å². The van der Waals surface area contributed by atoms with Gasteiger partial charge in [-0.1, -0.05) is 35.3 Å².